The Labute approximate surface area is 119 Å². The lowest BCUT2D eigenvalue weighted by molar-refractivity contribution is -0.125. The molecule has 0 saturated carbocycles. The van der Waals surface area contributed by atoms with Crippen LogP contribution in [0.15, 0.2) is 41.3 Å². The molecule has 102 valence electrons. The molecule has 1 aliphatic carbocycles. The number of nitrogens with one attached hydrogen (secondary N) is 1. The molecule has 0 aliphatic heterocycles. The fourth-order valence-electron chi connectivity index (χ4n) is 2.15. The fraction of sp³-hybridized carbons (Fsp3) is 0.438. The van der Waals surface area contributed by atoms with E-state index in [4.69, 9.17) is 0 Å². The lowest BCUT2D eigenvalue weighted by atomic mass is 9.94. The average Bonchev–Trinajstić information content (AvgIpc) is 2.46. The molecule has 0 fully saturated rings. The molecular weight excluding hydrogens is 254 g/mol. The molecule has 1 amide bonds. The van der Waals surface area contributed by atoms with Gasteiger partial charge in [-0.15, -0.1) is 11.8 Å². The van der Waals surface area contributed by atoms with Gasteiger partial charge in [-0.2, -0.15) is 0 Å². The summed E-state index contributed by atoms with van der Waals surface area (Å²) in [6.45, 7) is 2.84. The van der Waals surface area contributed by atoms with Gasteiger partial charge in [-0.05, 0) is 38.3 Å². The lowest BCUT2D eigenvalue weighted by Crippen LogP contribution is -2.32. The molecular formula is C16H21NOS. The Hall–Kier alpha value is -1.22. The van der Waals surface area contributed by atoms with E-state index in [1.807, 2.05) is 0 Å². The Kier molecular flexibility index (Phi) is 5.52. The average molecular weight is 275 g/mol. The quantitative estimate of drug-likeness (QED) is 0.506. The first-order valence-electron chi connectivity index (χ1n) is 6.88. The van der Waals surface area contributed by atoms with Crippen molar-refractivity contribution in [3.63, 3.8) is 0 Å². The van der Waals surface area contributed by atoms with Crippen molar-refractivity contribution in [2.24, 2.45) is 5.92 Å². The Bertz CT molecular complexity index is 439. The summed E-state index contributed by atoms with van der Waals surface area (Å²) in [6.07, 6.45) is 7.21. The summed E-state index contributed by atoms with van der Waals surface area (Å²) in [7, 11) is 0. The summed E-state index contributed by atoms with van der Waals surface area (Å²) >= 11 is 1.79. The largest absolute Gasteiger partial charge is 0.355 e. The summed E-state index contributed by atoms with van der Waals surface area (Å²) in [5.74, 6) is 1.33. The highest BCUT2D eigenvalue weighted by Gasteiger charge is 2.17. The van der Waals surface area contributed by atoms with Crippen molar-refractivity contribution in [2.45, 2.75) is 31.1 Å². The van der Waals surface area contributed by atoms with Gasteiger partial charge in [0, 0.05) is 23.1 Å². The van der Waals surface area contributed by atoms with Gasteiger partial charge in [0.05, 0.1) is 0 Å². The first-order valence-corrected chi connectivity index (χ1v) is 7.86. The van der Waals surface area contributed by atoms with Crippen LogP contribution in [-0.2, 0) is 4.79 Å². The number of carbonyl (C=O) groups is 1. The number of allylic oxidation sites excluding steroid dienone is 2. The van der Waals surface area contributed by atoms with Crippen LogP contribution in [0.2, 0.25) is 0 Å². The van der Waals surface area contributed by atoms with Crippen molar-refractivity contribution >= 4 is 17.7 Å². The van der Waals surface area contributed by atoms with Gasteiger partial charge in [0.25, 0.3) is 0 Å². The van der Waals surface area contributed by atoms with Gasteiger partial charge in [-0.1, -0.05) is 29.8 Å². The molecule has 0 bridgehead atoms. The highest BCUT2D eigenvalue weighted by Crippen LogP contribution is 2.19. The van der Waals surface area contributed by atoms with E-state index in [-0.39, 0.29) is 11.8 Å². The summed E-state index contributed by atoms with van der Waals surface area (Å²) in [5.41, 5.74) is 1.28. The van der Waals surface area contributed by atoms with E-state index in [2.05, 4.69) is 48.7 Å². The monoisotopic (exact) mass is 275 g/mol. The van der Waals surface area contributed by atoms with E-state index in [0.29, 0.717) is 0 Å². The third-order valence-electron chi connectivity index (χ3n) is 3.33. The predicted molar refractivity (Wildman–Crippen MR) is 81.4 cm³/mol. The number of thioether (sulfide) groups is 1. The van der Waals surface area contributed by atoms with Crippen molar-refractivity contribution in [2.75, 3.05) is 12.3 Å². The standard InChI is InChI=1S/C16H21NOS/c1-13-7-9-15(10-8-13)19-12-11-17-16(18)14-5-3-2-4-6-14/h2-3,7-10,14H,4-6,11-12H2,1H3,(H,17,18). The third-order valence-corrected chi connectivity index (χ3v) is 4.34. The van der Waals surface area contributed by atoms with Gasteiger partial charge in [-0.3, -0.25) is 4.79 Å². The molecule has 3 heteroatoms. The number of aryl methyl sites for hydroxylation is 1. The van der Waals surface area contributed by atoms with Crippen molar-refractivity contribution in [3.05, 3.63) is 42.0 Å². The second-order valence-electron chi connectivity index (χ2n) is 4.93. The Morgan fingerprint density at radius 2 is 2.11 bits per heavy atom. The number of hydrogen-bond acceptors (Lipinski definition) is 2. The maximum atomic E-state index is 11.9. The molecule has 2 rings (SSSR count). The Morgan fingerprint density at radius 3 is 2.79 bits per heavy atom. The number of amides is 1. The maximum absolute atomic E-state index is 11.9. The van der Waals surface area contributed by atoms with E-state index in [9.17, 15) is 4.79 Å². The van der Waals surface area contributed by atoms with Crippen LogP contribution in [0.3, 0.4) is 0 Å². The molecule has 0 saturated heterocycles. The smallest absolute Gasteiger partial charge is 0.223 e. The van der Waals surface area contributed by atoms with Crippen LogP contribution >= 0.6 is 11.8 Å². The topological polar surface area (TPSA) is 29.1 Å². The molecule has 1 aromatic carbocycles. The van der Waals surface area contributed by atoms with E-state index in [1.165, 1.54) is 10.5 Å². The van der Waals surface area contributed by atoms with Crippen LogP contribution in [0.1, 0.15) is 24.8 Å². The minimum atomic E-state index is 0.189. The van der Waals surface area contributed by atoms with Crippen LogP contribution in [-0.4, -0.2) is 18.2 Å². The number of rotatable bonds is 5. The zero-order valence-corrected chi connectivity index (χ0v) is 12.2. The van der Waals surface area contributed by atoms with Crippen molar-refractivity contribution in [1.82, 2.24) is 5.32 Å². The molecule has 0 radical (unpaired) electrons. The molecule has 1 unspecified atom stereocenters. The third kappa shape index (κ3) is 4.75. The highest BCUT2D eigenvalue weighted by molar-refractivity contribution is 7.99. The molecule has 1 aromatic rings. The van der Waals surface area contributed by atoms with Crippen LogP contribution in [0.4, 0.5) is 0 Å². The zero-order chi connectivity index (χ0) is 13.5. The summed E-state index contributed by atoms with van der Waals surface area (Å²) in [6, 6.07) is 8.51. The zero-order valence-electron chi connectivity index (χ0n) is 11.4. The predicted octanol–water partition coefficient (Wildman–Crippen LogP) is 3.56. The van der Waals surface area contributed by atoms with Gasteiger partial charge in [0.15, 0.2) is 0 Å². The van der Waals surface area contributed by atoms with Gasteiger partial charge in [-0.25, -0.2) is 0 Å². The SMILES string of the molecule is Cc1ccc(SCCNC(=O)C2CC=CCC2)cc1. The number of benzene rings is 1. The van der Waals surface area contributed by atoms with Gasteiger partial charge in [0.1, 0.15) is 0 Å². The molecule has 0 spiro atoms. The summed E-state index contributed by atoms with van der Waals surface area (Å²) in [5, 5.41) is 3.04. The van der Waals surface area contributed by atoms with Crippen LogP contribution < -0.4 is 5.32 Å². The molecule has 0 aromatic heterocycles. The van der Waals surface area contributed by atoms with Gasteiger partial charge >= 0.3 is 0 Å². The normalized spacial score (nSPS) is 18.3. The number of carbonyl (C=O) groups excluding carboxylic acids is 1. The lowest BCUT2D eigenvalue weighted by Gasteiger charge is -2.17. The molecule has 19 heavy (non-hydrogen) atoms. The second-order valence-corrected chi connectivity index (χ2v) is 6.10. The summed E-state index contributed by atoms with van der Waals surface area (Å²) < 4.78 is 0. The molecule has 1 N–H and O–H groups in total. The maximum Gasteiger partial charge on any atom is 0.223 e. The van der Waals surface area contributed by atoms with E-state index >= 15 is 0 Å². The van der Waals surface area contributed by atoms with E-state index < -0.39 is 0 Å². The first kappa shape index (κ1) is 14.2. The van der Waals surface area contributed by atoms with Crippen molar-refractivity contribution < 1.29 is 4.79 Å². The molecule has 2 nitrogen and oxygen atoms in total. The van der Waals surface area contributed by atoms with Crippen molar-refractivity contribution in [1.29, 1.82) is 0 Å². The molecule has 1 aliphatic rings. The summed E-state index contributed by atoms with van der Waals surface area (Å²) in [4.78, 5) is 13.2. The Morgan fingerprint density at radius 1 is 1.32 bits per heavy atom. The minimum absolute atomic E-state index is 0.189. The van der Waals surface area contributed by atoms with Crippen LogP contribution in [0.5, 0.6) is 0 Å². The van der Waals surface area contributed by atoms with Gasteiger partial charge < -0.3 is 5.32 Å². The first-order chi connectivity index (χ1) is 9.25. The minimum Gasteiger partial charge on any atom is -0.355 e. The molecule has 0 heterocycles. The van der Waals surface area contributed by atoms with Crippen molar-refractivity contribution in [3.8, 4) is 0 Å². The van der Waals surface area contributed by atoms with E-state index in [0.717, 1.165) is 31.6 Å². The van der Waals surface area contributed by atoms with Crippen LogP contribution in [0, 0.1) is 12.8 Å². The molecule has 1 atom stereocenters. The highest BCUT2D eigenvalue weighted by atomic mass is 32.2. The Balaban J connectivity index is 1.65. The van der Waals surface area contributed by atoms with Crippen LogP contribution in [0.25, 0.3) is 0 Å². The number of hydrogen-bond donors (Lipinski definition) is 1. The van der Waals surface area contributed by atoms with Gasteiger partial charge in [0.2, 0.25) is 5.91 Å². The second kappa shape index (κ2) is 7.39. The fourth-order valence-corrected chi connectivity index (χ4v) is 2.92. The van der Waals surface area contributed by atoms with E-state index in [1.54, 1.807) is 11.8 Å².